The third-order valence-corrected chi connectivity index (χ3v) is 5.64. The van der Waals surface area contributed by atoms with E-state index in [2.05, 4.69) is 17.6 Å². The molecule has 0 spiro atoms. The summed E-state index contributed by atoms with van der Waals surface area (Å²) in [4.78, 5) is 52.5. The van der Waals surface area contributed by atoms with E-state index in [1.807, 2.05) is 13.8 Å². The zero-order valence-corrected chi connectivity index (χ0v) is 19.0. The van der Waals surface area contributed by atoms with Crippen molar-refractivity contribution >= 4 is 29.4 Å². The van der Waals surface area contributed by atoms with E-state index in [4.69, 9.17) is 0 Å². The zero-order chi connectivity index (χ0) is 23.0. The van der Waals surface area contributed by atoms with Crippen molar-refractivity contribution in [3.63, 3.8) is 0 Å². The van der Waals surface area contributed by atoms with Crippen LogP contribution in [0.15, 0.2) is 24.3 Å². The fourth-order valence-electron chi connectivity index (χ4n) is 3.70. The number of rotatable bonds is 11. The fraction of sp³-hybridized carbons (Fsp3) is 0.565. The Hall–Kier alpha value is -2.90. The molecule has 1 atom stereocenters. The molecular weight excluding hydrogens is 396 g/mol. The van der Waals surface area contributed by atoms with Crippen molar-refractivity contribution in [3.8, 4) is 0 Å². The number of nitrogens with one attached hydrogen (secondary N) is 2. The van der Waals surface area contributed by atoms with Crippen LogP contribution in [-0.2, 0) is 9.59 Å². The molecule has 2 N–H and O–H groups in total. The van der Waals surface area contributed by atoms with Crippen LogP contribution in [0.5, 0.6) is 0 Å². The first kappa shape index (κ1) is 24.4. The summed E-state index contributed by atoms with van der Waals surface area (Å²) in [5.74, 6) is -0.911. The molecule has 0 saturated carbocycles. The minimum Gasteiger partial charge on any atom is -0.339 e. The van der Waals surface area contributed by atoms with E-state index < -0.39 is 17.5 Å². The van der Waals surface area contributed by atoms with Gasteiger partial charge in [-0.15, -0.1) is 0 Å². The van der Waals surface area contributed by atoms with Crippen molar-refractivity contribution in [2.24, 2.45) is 0 Å². The molecule has 1 saturated heterocycles. The summed E-state index contributed by atoms with van der Waals surface area (Å²) in [6.07, 6.45) is 4.58. The average Bonchev–Trinajstić information content (AvgIpc) is 2.95. The molecular formula is C23H34N4O4. The van der Waals surface area contributed by atoms with Crippen LogP contribution >= 0.6 is 0 Å². The van der Waals surface area contributed by atoms with Crippen LogP contribution in [0.1, 0.15) is 70.2 Å². The molecule has 5 amide bonds. The second-order valence-electron chi connectivity index (χ2n) is 8.07. The van der Waals surface area contributed by atoms with Gasteiger partial charge in [0, 0.05) is 24.3 Å². The number of hydrogen-bond acceptors (Lipinski definition) is 4. The van der Waals surface area contributed by atoms with Gasteiger partial charge in [-0.2, -0.15) is 0 Å². The van der Waals surface area contributed by atoms with Crippen LogP contribution in [0.2, 0.25) is 0 Å². The lowest BCUT2D eigenvalue weighted by molar-refractivity contribution is -0.133. The molecule has 1 unspecified atom stereocenters. The van der Waals surface area contributed by atoms with E-state index in [1.54, 1.807) is 36.1 Å². The Morgan fingerprint density at radius 3 is 2.26 bits per heavy atom. The van der Waals surface area contributed by atoms with E-state index in [9.17, 15) is 19.2 Å². The first-order valence-corrected chi connectivity index (χ1v) is 11.1. The highest BCUT2D eigenvalue weighted by molar-refractivity contribution is 6.10. The predicted octanol–water partition coefficient (Wildman–Crippen LogP) is 3.39. The minimum atomic E-state index is -0.961. The van der Waals surface area contributed by atoms with Crippen LogP contribution in [0.4, 0.5) is 10.5 Å². The molecule has 1 aromatic carbocycles. The van der Waals surface area contributed by atoms with E-state index in [0.717, 1.165) is 30.6 Å². The van der Waals surface area contributed by atoms with Gasteiger partial charge in [-0.1, -0.05) is 32.6 Å². The van der Waals surface area contributed by atoms with Gasteiger partial charge in [0.1, 0.15) is 12.1 Å². The summed E-state index contributed by atoms with van der Waals surface area (Å²) in [7, 11) is 0. The number of nitrogens with zero attached hydrogens (tertiary/aromatic N) is 2. The molecule has 8 nitrogen and oxygen atoms in total. The Labute approximate surface area is 184 Å². The lowest BCUT2D eigenvalue weighted by Crippen LogP contribution is -2.44. The lowest BCUT2D eigenvalue weighted by Gasteiger charge is -2.21. The first-order valence-electron chi connectivity index (χ1n) is 11.1. The second kappa shape index (κ2) is 10.9. The molecule has 31 heavy (non-hydrogen) atoms. The molecule has 2 rings (SSSR count). The van der Waals surface area contributed by atoms with Gasteiger partial charge in [-0.05, 0) is 51.5 Å². The van der Waals surface area contributed by atoms with Gasteiger partial charge in [0.05, 0.1) is 0 Å². The normalized spacial score (nSPS) is 18.1. The van der Waals surface area contributed by atoms with Gasteiger partial charge >= 0.3 is 6.03 Å². The van der Waals surface area contributed by atoms with Gasteiger partial charge in [0.15, 0.2) is 0 Å². The van der Waals surface area contributed by atoms with Crippen molar-refractivity contribution in [1.29, 1.82) is 0 Å². The SMILES string of the molecule is CCCCCCC1(C)NC(=O)N(CC(=O)Nc2ccc(C(=O)N(CC)CC)cc2)C1=O. The Balaban J connectivity index is 1.94. The Morgan fingerprint density at radius 1 is 1.03 bits per heavy atom. The zero-order valence-electron chi connectivity index (χ0n) is 19.0. The Kier molecular flexibility index (Phi) is 8.59. The Bertz CT molecular complexity index is 804. The van der Waals surface area contributed by atoms with Gasteiger partial charge in [-0.3, -0.25) is 19.3 Å². The van der Waals surface area contributed by atoms with Gasteiger partial charge in [-0.25, -0.2) is 4.79 Å². The number of carbonyl (C=O) groups excluding carboxylic acids is 4. The molecule has 170 valence electrons. The number of benzene rings is 1. The van der Waals surface area contributed by atoms with E-state index in [0.29, 0.717) is 30.8 Å². The maximum absolute atomic E-state index is 12.8. The van der Waals surface area contributed by atoms with Crippen LogP contribution < -0.4 is 10.6 Å². The summed E-state index contributed by atoms with van der Waals surface area (Å²) >= 11 is 0. The summed E-state index contributed by atoms with van der Waals surface area (Å²) in [6.45, 7) is 8.55. The predicted molar refractivity (Wildman–Crippen MR) is 120 cm³/mol. The van der Waals surface area contributed by atoms with Crippen molar-refractivity contribution in [1.82, 2.24) is 15.1 Å². The molecule has 1 aliphatic rings. The van der Waals surface area contributed by atoms with Crippen LogP contribution in [-0.4, -0.2) is 58.7 Å². The monoisotopic (exact) mass is 430 g/mol. The maximum Gasteiger partial charge on any atom is 0.325 e. The molecule has 1 aromatic rings. The summed E-state index contributed by atoms with van der Waals surface area (Å²) in [5.41, 5.74) is 0.0717. The van der Waals surface area contributed by atoms with Gasteiger partial charge in [0.2, 0.25) is 5.91 Å². The first-order chi connectivity index (χ1) is 14.8. The maximum atomic E-state index is 12.8. The molecule has 0 aliphatic carbocycles. The number of hydrogen-bond donors (Lipinski definition) is 2. The quantitative estimate of drug-likeness (QED) is 0.415. The standard InChI is InChI=1S/C23H34N4O4/c1-5-8-9-10-15-23(4)21(30)27(22(31)25-23)16-19(28)24-18-13-11-17(12-14-18)20(29)26(6-2)7-3/h11-14H,5-10,15-16H2,1-4H3,(H,24,28)(H,25,31). The van der Waals surface area contributed by atoms with Crippen LogP contribution in [0.3, 0.4) is 0 Å². The number of urea groups is 1. The summed E-state index contributed by atoms with van der Waals surface area (Å²) in [5, 5.41) is 5.42. The fourth-order valence-corrected chi connectivity index (χ4v) is 3.70. The molecule has 1 fully saturated rings. The second-order valence-corrected chi connectivity index (χ2v) is 8.07. The number of amides is 5. The largest absolute Gasteiger partial charge is 0.339 e. The highest BCUT2D eigenvalue weighted by Gasteiger charge is 2.47. The molecule has 1 heterocycles. The third-order valence-electron chi connectivity index (χ3n) is 5.64. The highest BCUT2D eigenvalue weighted by Crippen LogP contribution is 2.24. The van der Waals surface area contributed by atoms with Crippen molar-refractivity contribution in [2.45, 2.75) is 65.3 Å². The van der Waals surface area contributed by atoms with Crippen molar-refractivity contribution in [3.05, 3.63) is 29.8 Å². The topological polar surface area (TPSA) is 98.8 Å². The average molecular weight is 431 g/mol. The van der Waals surface area contributed by atoms with Crippen LogP contribution in [0, 0.1) is 0 Å². The summed E-state index contributed by atoms with van der Waals surface area (Å²) < 4.78 is 0. The third kappa shape index (κ3) is 6.06. The minimum absolute atomic E-state index is 0.0690. The lowest BCUT2D eigenvalue weighted by atomic mass is 9.94. The van der Waals surface area contributed by atoms with Gasteiger partial charge in [0.25, 0.3) is 11.8 Å². The number of carbonyl (C=O) groups is 4. The van der Waals surface area contributed by atoms with Crippen molar-refractivity contribution < 1.29 is 19.2 Å². The number of anilines is 1. The van der Waals surface area contributed by atoms with Crippen molar-refractivity contribution in [2.75, 3.05) is 25.0 Å². The summed E-state index contributed by atoms with van der Waals surface area (Å²) in [6, 6.07) is 6.03. The Morgan fingerprint density at radius 2 is 1.68 bits per heavy atom. The molecule has 0 aromatic heterocycles. The number of imide groups is 1. The molecule has 0 bridgehead atoms. The molecule has 8 heteroatoms. The van der Waals surface area contributed by atoms with Crippen LogP contribution in [0.25, 0.3) is 0 Å². The smallest absolute Gasteiger partial charge is 0.325 e. The van der Waals surface area contributed by atoms with E-state index in [-0.39, 0.29) is 18.4 Å². The molecule has 1 aliphatic heterocycles. The number of unbranched alkanes of at least 4 members (excludes halogenated alkanes) is 3. The molecule has 0 radical (unpaired) electrons. The van der Waals surface area contributed by atoms with E-state index >= 15 is 0 Å². The highest BCUT2D eigenvalue weighted by atomic mass is 16.2. The van der Waals surface area contributed by atoms with E-state index in [1.165, 1.54) is 0 Å². The van der Waals surface area contributed by atoms with Gasteiger partial charge < -0.3 is 15.5 Å².